The first-order valence-corrected chi connectivity index (χ1v) is 6.05. The third-order valence-corrected chi connectivity index (χ3v) is 2.87. The van der Waals surface area contributed by atoms with Crippen LogP contribution in [0.1, 0.15) is 31.0 Å². The van der Waals surface area contributed by atoms with Crippen LogP contribution in [-0.2, 0) is 5.88 Å². The van der Waals surface area contributed by atoms with Gasteiger partial charge in [0.1, 0.15) is 5.82 Å². The van der Waals surface area contributed by atoms with Crippen LogP contribution in [0.25, 0.3) is 5.69 Å². The van der Waals surface area contributed by atoms with Gasteiger partial charge >= 0.3 is 0 Å². The van der Waals surface area contributed by atoms with Gasteiger partial charge in [-0.15, -0.1) is 11.6 Å². The van der Waals surface area contributed by atoms with Crippen molar-refractivity contribution in [3.63, 3.8) is 0 Å². The monoisotopic (exact) mass is 252 g/mol. The van der Waals surface area contributed by atoms with Crippen LogP contribution in [-0.4, -0.2) is 9.78 Å². The molecular weight excluding hydrogens is 239 g/mol. The maximum atomic E-state index is 13.4. The van der Waals surface area contributed by atoms with E-state index in [1.54, 1.807) is 4.68 Å². The van der Waals surface area contributed by atoms with Crippen molar-refractivity contribution in [1.29, 1.82) is 0 Å². The SMILES string of the molecule is CC(C)c1ccn(-c2cc(F)cc(CCl)c2)n1. The predicted octanol–water partition coefficient (Wildman–Crippen LogP) is 3.87. The number of rotatable bonds is 3. The summed E-state index contributed by atoms with van der Waals surface area (Å²) in [4.78, 5) is 0. The van der Waals surface area contributed by atoms with Crippen molar-refractivity contribution >= 4 is 11.6 Å². The molecule has 2 rings (SSSR count). The van der Waals surface area contributed by atoms with Crippen LogP contribution in [0.3, 0.4) is 0 Å². The van der Waals surface area contributed by atoms with Crippen LogP contribution < -0.4 is 0 Å². The fourth-order valence-corrected chi connectivity index (χ4v) is 1.79. The highest BCUT2D eigenvalue weighted by molar-refractivity contribution is 6.17. The molecule has 0 unspecified atom stereocenters. The molecule has 90 valence electrons. The van der Waals surface area contributed by atoms with E-state index in [0.29, 0.717) is 17.5 Å². The maximum Gasteiger partial charge on any atom is 0.125 e. The van der Waals surface area contributed by atoms with E-state index in [2.05, 4.69) is 18.9 Å². The lowest BCUT2D eigenvalue weighted by Crippen LogP contribution is -1.99. The molecule has 1 aromatic heterocycles. The normalized spacial score (nSPS) is 11.1. The highest BCUT2D eigenvalue weighted by Crippen LogP contribution is 2.17. The van der Waals surface area contributed by atoms with E-state index >= 15 is 0 Å². The highest BCUT2D eigenvalue weighted by Gasteiger charge is 2.06. The molecule has 0 fully saturated rings. The van der Waals surface area contributed by atoms with Gasteiger partial charge in [-0.1, -0.05) is 13.8 Å². The summed E-state index contributed by atoms with van der Waals surface area (Å²) in [5.74, 6) is 0.361. The number of hydrogen-bond donors (Lipinski definition) is 0. The number of nitrogens with zero attached hydrogens (tertiary/aromatic N) is 2. The Bertz CT molecular complexity index is 520. The Morgan fingerprint density at radius 1 is 1.35 bits per heavy atom. The maximum absolute atomic E-state index is 13.4. The van der Waals surface area contributed by atoms with Crippen molar-refractivity contribution in [3.8, 4) is 5.69 Å². The van der Waals surface area contributed by atoms with Gasteiger partial charge in [-0.25, -0.2) is 9.07 Å². The number of halogens is 2. The molecule has 1 aromatic carbocycles. The quantitative estimate of drug-likeness (QED) is 0.758. The van der Waals surface area contributed by atoms with Gasteiger partial charge in [-0.3, -0.25) is 0 Å². The zero-order chi connectivity index (χ0) is 12.4. The van der Waals surface area contributed by atoms with E-state index in [9.17, 15) is 4.39 Å². The molecular formula is C13H14ClFN2. The molecule has 0 bridgehead atoms. The standard InChI is InChI=1S/C13H14ClFN2/c1-9(2)13-3-4-17(16-13)12-6-10(8-14)5-11(15)7-12/h3-7,9H,8H2,1-2H3. The van der Waals surface area contributed by atoms with Crippen molar-refractivity contribution in [2.45, 2.75) is 25.6 Å². The minimum atomic E-state index is -0.292. The van der Waals surface area contributed by atoms with Gasteiger partial charge < -0.3 is 0 Å². The first-order chi connectivity index (χ1) is 8.10. The molecule has 0 amide bonds. The van der Waals surface area contributed by atoms with Gasteiger partial charge in [0.15, 0.2) is 0 Å². The van der Waals surface area contributed by atoms with Gasteiger partial charge in [0, 0.05) is 12.1 Å². The Labute approximate surface area is 105 Å². The highest BCUT2D eigenvalue weighted by atomic mass is 35.5. The van der Waals surface area contributed by atoms with Crippen LogP contribution >= 0.6 is 11.6 Å². The van der Waals surface area contributed by atoms with Gasteiger partial charge in [0.2, 0.25) is 0 Å². The Morgan fingerprint density at radius 3 is 2.71 bits per heavy atom. The molecule has 1 heterocycles. The summed E-state index contributed by atoms with van der Waals surface area (Å²) in [6.07, 6.45) is 1.84. The summed E-state index contributed by atoms with van der Waals surface area (Å²) < 4.78 is 15.0. The topological polar surface area (TPSA) is 17.8 Å². The second-order valence-electron chi connectivity index (χ2n) is 4.29. The summed E-state index contributed by atoms with van der Waals surface area (Å²) in [6, 6.07) is 6.67. The van der Waals surface area contributed by atoms with E-state index < -0.39 is 0 Å². The van der Waals surface area contributed by atoms with Crippen LogP contribution in [0.5, 0.6) is 0 Å². The van der Waals surface area contributed by atoms with Crippen molar-refractivity contribution < 1.29 is 4.39 Å². The molecule has 2 nitrogen and oxygen atoms in total. The second kappa shape index (κ2) is 4.88. The minimum Gasteiger partial charge on any atom is -0.241 e. The number of hydrogen-bond acceptors (Lipinski definition) is 1. The summed E-state index contributed by atoms with van der Waals surface area (Å²) in [6.45, 7) is 4.14. The average molecular weight is 253 g/mol. The fourth-order valence-electron chi connectivity index (χ4n) is 1.63. The van der Waals surface area contributed by atoms with Crippen LogP contribution in [0, 0.1) is 5.82 Å². The zero-order valence-electron chi connectivity index (χ0n) is 9.82. The summed E-state index contributed by atoms with van der Waals surface area (Å²) in [7, 11) is 0. The second-order valence-corrected chi connectivity index (χ2v) is 4.56. The zero-order valence-corrected chi connectivity index (χ0v) is 10.6. The average Bonchev–Trinajstić information content (AvgIpc) is 2.77. The molecule has 0 spiro atoms. The van der Waals surface area contributed by atoms with E-state index in [1.807, 2.05) is 18.3 Å². The van der Waals surface area contributed by atoms with E-state index in [4.69, 9.17) is 11.6 Å². The summed E-state index contributed by atoms with van der Waals surface area (Å²) in [5.41, 5.74) is 2.44. The molecule has 0 aliphatic heterocycles. The largest absolute Gasteiger partial charge is 0.241 e. The number of aromatic nitrogens is 2. The Hall–Kier alpha value is -1.35. The Balaban J connectivity index is 2.41. The Morgan fingerprint density at radius 2 is 2.12 bits per heavy atom. The van der Waals surface area contributed by atoms with Crippen molar-refractivity contribution in [2.75, 3.05) is 0 Å². The van der Waals surface area contributed by atoms with Crippen LogP contribution in [0.2, 0.25) is 0 Å². The number of benzene rings is 1. The minimum absolute atomic E-state index is 0.292. The Kier molecular flexibility index (Phi) is 3.48. The lowest BCUT2D eigenvalue weighted by Gasteiger charge is -2.05. The first-order valence-electron chi connectivity index (χ1n) is 5.51. The van der Waals surface area contributed by atoms with Crippen LogP contribution in [0.4, 0.5) is 4.39 Å². The molecule has 0 saturated heterocycles. The summed E-state index contributed by atoms with van der Waals surface area (Å²) in [5, 5.41) is 4.40. The summed E-state index contributed by atoms with van der Waals surface area (Å²) >= 11 is 5.72. The third kappa shape index (κ3) is 2.67. The van der Waals surface area contributed by atoms with Crippen LogP contribution in [0.15, 0.2) is 30.5 Å². The molecule has 0 aliphatic carbocycles. The molecule has 0 N–H and O–H groups in total. The molecule has 4 heteroatoms. The van der Waals surface area contributed by atoms with E-state index in [-0.39, 0.29) is 5.82 Å². The fraction of sp³-hybridized carbons (Fsp3) is 0.308. The van der Waals surface area contributed by atoms with Crippen molar-refractivity contribution in [3.05, 3.63) is 47.5 Å². The predicted molar refractivity (Wildman–Crippen MR) is 67.2 cm³/mol. The first kappa shape index (κ1) is 12.1. The van der Waals surface area contributed by atoms with Crippen molar-refractivity contribution in [2.24, 2.45) is 0 Å². The molecule has 0 saturated carbocycles. The van der Waals surface area contributed by atoms with E-state index in [0.717, 1.165) is 11.3 Å². The van der Waals surface area contributed by atoms with Gasteiger partial charge in [-0.05, 0) is 35.7 Å². The molecule has 2 aromatic rings. The molecule has 0 atom stereocenters. The number of alkyl halides is 1. The molecule has 0 radical (unpaired) electrons. The lowest BCUT2D eigenvalue weighted by atomic mass is 10.1. The third-order valence-electron chi connectivity index (χ3n) is 2.56. The molecule has 0 aliphatic rings. The van der Waals surface area contributed by atoms with Gasteiger partial charge in [0.05, 0.1) is 11.4 Å². The van der Waals surface area contributed by atoms with Gasteiger partial charge in [0.25, 0.3) is 0 Å². The van der Waals surface area contributed by atoms with E-state index in [1.165, 1.54) is 12.1 Å². The van der Waals surface area contributed by atoms with Gasteiger partial charge in [-0.2, -0.15) is 5.10 Å². The lowest BCUT2D eigenvalue weighted by molar-refractivity contribution is 0.623. The smallest absolute Gasteiger partial charge is 0.125 e. The van der Waals surface area contributed by atoms with Crippen molar-refractivity contribution in [1.82, 2.24) is 9.78 Å². The molecule has 17 heavy (non-hydrogen) atoms.